The Balaban J connectivity index is 1.80. The Morgan fingerprint density at radius 3 is 2.50 bits per heavy atom. The van der Waals surface area contributed by atoms with Gasteiger partial charge >= 0.3 is 12.0 Å². The molecule has 4 unspecified atom stereocenters. The van der Waals surface area contributed by atoms with Crippen LogP contribution in [-0.4, -0.2) is 29.2 Å². The summed E-state index contributed by atoms with van der Waals surface area (Å²) in [4.78, 5) is 22.9. The first-order valence-electron chi connectivity index (χ1n) is 7.81. The van der Waals surface area contributed by atoms with Gasteiger partial charge in [0.2, 0.25) is 0 Å². The Hall–Kier alpha value is -1.26. The van der Waals surface area contributed by atoms with Crippen molar-refractivity contribution < 1.29 is 14.7 Å². The number of carboxylic acid groups (broad SMARTS) is 1. The Bertz CT molecular complexity index is 372. The van der Waals surface area contributed by atoms with Crippen LogP contribution in [0, 0.1) is 17.8 Å². The number of urea groups is 1. The van der Waals surface area contributed by atoms with Crippen LogP contribution < -0.4 is 10.6 Å². The van der Waals surface area contributed by atoms with Crippen molar-refractivity contribution in [3.8, 4) is 0 Å². The number of carbonyl (C=O) groups excluding carboxylic acids is 1. The van der Waals surface area contributed by atoms with Crippen LogP contribution in [0.1, 0.15) is 52.4 Å². The molecule has 0 aromatic heterocycles. The Kier molecular flexibility index (Phi) is 4.89. The topological polar surface area (TPSA) is 78.4 Å². The zero-order valence-electron chi connectivity index (χ0n) is 12.4. The van der Waals surface area contributed by atoms with Crippen molar-refractivity contribution in [2.75, 3.05) is 0 Å². The highest BCUT2D eigenvalue weighted by molar-refractivity contribution is 5.82. The molecule has 20 heavy (non-hydrogen) atoms. The zero-order valence-corrected chi connectivity index (χ0v) is 12.4. The molecule has 0 radical (unpaired) electrons. The number of carbonyl (C=O) groups is 2. The van der Waals surface area contributed by atoms with E-state index in [-0.39, 0.29) is 12.1 Å². The molecular weight excluding hydrogens is 256 g/mol. The van der Waals surface area contributed by atoms with Crippen LogP contribution in [0.2, 0.25) is 0 Å². The van der Waals surface area contributed by atoms with Gasteiger partial charge in [0.05, 0.1) is 0 Å². The van der Waals surface area contributed by atoms with Crippen molar-refractivity contribution in [3.63, 3.8) is 0 Å². The Morgan fingerprint density at radius 2 is 2.00 bits per heavy atom. The summed E-state index contributed by atoms with van der Waals surface area (Å²) in [6.07, 6.45) is 6.36. The van der Waals surface area contributed by atoms with E-state index >= 15 is 0 Å². The van der Waals surface area contributed by atoms with E-state index in [1.54, 1.807) is 0 Å². The summed E-state index contributed by atoms with van der Waals surface area (Å²) in [5.41, 5.74) is 0. The van der Waals surface area contributed by atoms with E-state index in [9.17, 15) is 9.59 Å². The fourth-order valence-electron chi connectivity index (χ4n) is 3.97. The molecule has 5 nitrogen and oxygen atoms in total. The fourth-order valence-corrected chi connectivity index (χ4v) is 3.97. The minimum absolute atomic E-state index is 0.126. The van der Waals surface area contributed by atoms with Gasteiger partial charge in [-0.1, -0.05) is 19.8 Å². The number of rotatable bonds is 6. The first kappa shape index (κ1) is 15.1. The van der Waals surface area contributed by atoms with Gasteiger partial charge < -0.3 is 15.7 Å². The van der Waals surface area contributed by atoms with E-state index in [1.807, 2.05) is 13.8 Å². The van der Waals surface area contributed by atoms with E-state index in [4.69, 9.17) is 5.11 Å². The molecule has 0 aromatic carbocycles. The van der Waals surface area contributed by atoms with Gasteiger partial charge in [0.25, 0.3) is 0 Å². The average Bonchev–Trinajstić information content (AvgIpc) is 3.00. The lowest BCUT2D eigenvalue weighted by Gasteiger charge is -2.29. The third kappa shape index (κ3) is 3.44. The third-order valence-corrected chi connectivity index (χ3v) is 4.97. The highest BCUT2D eigenvalue weighted by Gasteiger charge is 2.42. The van der Waals surface area contributed by atoms with Crippen LogP contribution in [0.5, 0.6) is 0 Å². The van der Waals surface area contributed by atoms with Gasteiger partial charge in [0.1, 0.15) is 6.04 Å². The van der Waals surface area contributed by atoms with Crippen LogP contribution in [0.3, 0.4) is 0 Å². The maximum absolute atomic E-state index is 11.9. The molecule has 2 aliphatic carbocycles. The summed E-state index contributed by atoms with van der Waals surface area (Å²) < 4.78 is 0. The van der Waals surface area contributed by atoms with Gasteiger partial charge in [-0.3, -0.25) is 0 Å². The molecule has 2 aliphatic rings. The number of aliphatic carboxylic acids is 1. The second-order valence-corrected chi connectivity index (χ2v) is 6.42. The van der Waals surface area contributed by atoms with Gasteiger partial charge in [-0.05, 0) is 50.4 Å². The number of hydrogen-bond donors (Lipinski definition) is 3. The van der Waals surface area contributed by atoms with E-state index in [0.29, 0.717) is 12.3 Å². The fraction of sp³-hybridized carbons (Fsp3) is 0.867. The van der Waals surface area contributed by atoms with Gasteiger partial charge in [0, 0.05) is 6.04 Å². The molecule has 0 saturated heterocycles. The van der Waals surface area contributed by atoms with Crippen molar-refractivity contribution in [2.45, 2.75) is 64.5 Å². The molecule has 2 saturated carbocycles. The summed E-state index contributed by atoms with van der Waals surface area (Å²) in [6.45, 7) is 3.95. The first-order valence-corrected chi connectivity index (χ1v) is 7.81. The lowest BCUT2D eigenvalue weighted by atomic mass is 9.84. The molecule has 0 aliphatic heterocycles. The average molecular weight is 282 g/mol. The Labute approximate surface area is 120 Å². The molecule has 5 heteroatoms. The molecule has 0 heterocycles. The normalized spacial score (nSPS) is 30.8. The van der Waals surface area contributed by atoms with Gasteiger partial charge in [-0.25, -0.2) is 9.59 Å². The maximum Gasteiger partial charge on any atom is 0.326 e. The van der Waals surface area contributed by atoms with E-state index in [0.717, 1.165) is 18.3 Å². The zero-order chi connectivity index (χ0) is 14.7. The highest BCUT2D eigenvalue weighted by Crippen LogP contribution is 2.49. The monoisotopic (exact) mass is 282 g/mol. The minimum atomic E-state index is -0.963. The molecule has 2 bridgehead atoms. The SMILES string of the molecule is CCC[C@H](NC(=O)NC(C)C1CC2CCC1C2)C(=O)O. The predicted octanol–water partition coefficient (Wildman–Crippen LogP) is 2.36. The highest BCUT2D eigenvalue weighted by atomic mass is 16.4. The summed E-state index contributed by atoms with van der Waals surface area (Å²) in [6, 6.07) is -1.00. The van der Waals surface area contributed by atoms with Gasteiger partial charge in [-0.2, -0.15) is 0 Å². The molecule has 2 fully saturated rings. The van der Waals surface area contributed by atoms with Gasteiger partial charge in [0.15, 0.2) is 0 Å². The number of amides is 2. The van der Waals surface area contributed by atoms with Crippen molar-refractivity contribution in [3.05, 3.63) is 0 Å². The number of nitrogens with one attached hydrogen (secondary N) is 2. The van der Waals surface area contributed by atoms with Gasteiger partial charge in [-0.15, -0.1) is 0 Å². The standard InChI is InChI=1S/C15H26N2O3/c1-3-4-13(14(18)19)17-15(20)16-9(2)12-8-10-5-6-11(12)7-10/h9-13H,3-8H2,1-2H3,(H,18,19)(H2,16,17,20)/t9?,10?,11?,12?,13-/m0/s1. The second kappa shape index (κ2) is 6.46. The molecule has 2 amide bonds. The summed E-state index contributed by atoms with van der Waals surface area (Å²) >= 11 is 0. The molecule has 2 rings (SSSR count). The van der Waals surface area contributed by atoms with E-state index in [2.05, 4.69) is 10.6 Å². The second-order valence-electron chi connectivity index (χ2n) is 6.42. The molecule has 5 atom stereocenters. The smallest absolute Gasteiger partial charge is 0.326 e. The van der Waals surface area contributed by atoms with Crippen LogP contribution >= 0.6 is 0 Å². The van der Waals surface area contributed by atoms with Crippen LogP contribution in [0.15, 0.2) is 0 Å². The molecule has 0 aromatic rings. The third-order valence-electron chi connectivity index (χ3n) is 4.97. The van der Waals surface area contributed by atoms with Crippen molar-refractivity contribution >= 4 is 12.0 Å². The van der Waals surface area contributed by atoms with Crippen LogP contribution in [-0.2, 0) is 4.79 Å². The summed E-state index contributed by atoms with van der Waals surface area (Å²) in [5.74, 6) is 1.20. The summed E-state index contributed by atoms with van der Waals surface area (Å²) in [5, 5.41) is 14.5. The lowest BCUT2D eigenvalue weighted by Crippen LogP contribution is -2.50. The number of hydrogen-bond acceptors (Lipinski definition) is 2. The first-order chi connectivity index (χ1) is 9.51. The van der Waals surface area contributed by atoms with Crippen LogP contribution in [0.25, 0.3) is 0 Å². The van der Waals surface area contributed by atoms with Crippen molar-refractivity contribution in [1.82, 2.24) is 10.6 Å². The molecule has 3 N–H and O–H groups in total. The van der Waals surface area contributed by atoms with Crippen molar-refractivity contribution in [2.24, 2.45) is 17.8 Å². The number of carboxylic acids is 1. The molecule has 0 spiro atoms. The predicted molar refractivity (Wildman–Crippen MR) is 76.4 cm³/mol. The van der Waals surface area contributed by atoms with Crippen LogP contribution in [0.4, 0.5) is 4.79 Å². The lowest BCUT2D eigenvalue weighted by molar-refractivity contribution is -0.139. The largest absolute Gasteiger partial charge is 0.480 e. The van der Waals surface area contributed by atoms with E-state index < -0.39 is 12.0 Å². The van der Waals surface area contributed by atoms with Crippen molar-refractivity contribution in [1.29, 1.82) is 0 Å². The van der Waals surface area contributed by atoms with E-state index in [1.165, 1.54) is 25.7 Å². The minimum Gasteiger partial charge on any atom is -0.480 e. The maximum atomic E-state index is 11.9. The number of fused-ring (bicyclic) bond motifs is 2. The quantitative estimate of drug-likeness (QED) is 0.700. The molecular formula is C15H26N2O3. The Morgan fingerprint density at radius 1 is 1.25 bits per heavy atom. The summed E-state index contributed by atoms with van der Waals surface area (Å²) in [7, 11) is 0. The molecule has 114 valence electrons.